The maximum absolute atomic E-state index is 12.2. The number of nitrogens with zero attached hydrogens (tertiary/aromatic N) is 2. The average Bonchev–Trinajstić information content (AvgIpc) is 2.71. The zero-order valence-electron chi connectivity index (χ0n) is 19.1. The first kappa shape index (κ1) is 23.6. The maximum atomic E-state index is 12.2. The van der Waals surface area contributed by atoms with Gasteiger partial charge in [-0.1, -0.05) is 0 Å². The molecule has 168 valence electrons. The summed E-state index contributed by atoms with van der Waals surface area (Å²) in [6, 6.07) is 5.66. The molecule has 2 rings (SSSR count). The van der Waals surface area contributed by atoms with E-state index in [9.17, 15) is 4.79 Å². The molecule has 1 saturated heterocycles. The third kappa shape index (κ3) is 7.31. The molecule has 0 bridgehead atoms. The molecule has 0 aromatic heterocycles. The van der Waals surface area contributed by atoms with E-state index in [-0.39, 0.29) is 6.09 Å². The van der Waals surface area contributed by atoms with E-state index in [4.69, 9.17) is 19.2 Å². The van der Waals surface area contributed by atoms with Crippen LogP contribution in [-0.4, -0.2) is 63.0 Å². The van der Waals surface area contributed by atoms with Crippen LogP contribution >= 0.6 is 0 Å². The SMILES string of the molecule is CCNC(=NCC1CCN(C(=O)OC(C)(C)C)CC1)Nc1ccc(OC)c(OC)c1. The number of rotatable bonds is 6. The monoisotopic (exact) mass is 420 g/mol. The summed E-state index contributed by atoms with van der Waals surface area (Å²) >= 11 is 0. The van der Waals surface area contributed by atoms with Crippen LogP contribution in [0.5, 0.6) is 11.5 Å². The van der Waals surface area contributed by atoms with Gasteiger partial charge in [-0.25, -0.2) is 4.79 Å². The summed E-state index contributed by atoms with van der Waals surface area (Å²) in [4.78, 5) is 18.7. The maximum Gasteiger partial charge on any atom is 0.410 e. The number of benzene rings is 1. The van der Waals surface area contributed by atoms with Crippen molar-refractivity contribution in [3.8, 4) is 11.5 Å². The fraction of sp³-hybridized carbons (Fsp3) is 0.636. The number of amides is 1. The Labute approximate surface area is 180 Å². The van der Waals surface area contributed by atoms with E-state index in [0.29, 0.717) is 37.1 Å². The lowest BCUT2D eigenvalue weighted by atomic mass is 9.97. The van der Waals surface area contributed by atoms with Crippen molar-refractivity contribution in [2.45, 2.75) is 46.1 Å². The van der Waals surface area contributed by atoms with Crippen LogP contribution in [0.25, 0.3) is 0 Å². The van der Waals surface area contributed by atoms with Crippen molar-refractivity contribution in [3.05, 3.63) is 18.2 Å². The predicted octanol–water partition coefficient (Wildman–Crippen LogP) is 3.73. The van der Waals surface area contributed by atoms with E-state index >= 15 is 0 Å². The molecule has 1 heterocycles. The summed E-state index contributed by atoms with van der Waals surface area (Å²) in [6.07, 6.45) is 1.60. The van der Waals surface area contributed by atoms with Gasteiger partial charge in [0.15, 0.2) is 17.5 Å². The molecule has 1 aromatic rings. The van der Waals surface area contributed by atoms with Crippen molar-refractivity contribution in [2.75, 3.05) is 45.7 Å². The molecule has 0 unspecified atom stereocenters. The van der Waals surface area contributed by atoms with Gasteiger partial charge in [-0.05, 0) is 58.6 Å². The second-order valence-corrected chi connectivity index (χ2v) is 8.33. The lowest BCUT2D eigenvalue weighted by molar-refractivity contribution is 0.0187. The summed E-state index contributed by atoms with van der Waals surface area (Å²) in [6.45, 7) is 10.6. The Hall–Kier alpha value is -2.64. The number of guanidine groups is 1. The van der Waals surface area contributed by atoms with Gasteiger partial charge in [0, 0.05) is 37.9 Å². The fourth-order valence-electron chi connectivity index (χ4n) is 3.20. The Morgan fingerprint density at radius 1 is 1.17 bits per heavy atom. The molecule has 2 N–H and O–H groups in total. The highest BCUT2D eigenvalue weighted by Crippen LogP contribution is 2.29. The van der Waals surface area contributed by atoms with Gasteiger partial charge in [-0.2, -0.15) is 0 Å². The first-order chi connectivity index (χ1) is 14.3. The van der Waals surface area contributed by atoms with E-state index in [2.05, 4.69) is 10.6 Å². The molecule has 1 amide bonds. The molecule has 1 fully saturated rings. The summed E-state index contributed by atoms with van der Waals surface area (Å²) in [5.74, 6) is 2.50. The number of carbonyl (C=O) groups is 1. The lowest BCUT2D eigenvalue weighted by Crippen LogP contribution is -2.42. The number of piperidine rings is 1. The van der Waals surface area contributed by atoms with Crippen molar-refractivity contribution < 1.29 is 19.0 Å². The second kappa shape index (κ2) is 10.9. The van der Waals surface area contributed by atoms with Gasteiger partial charge in [-0.3, -0.25) is 4.99 Å². The van der Waals surface area contributed by atoms with Crippen molar-refractivity contribution in [1.82, 2.24) is 10.2 Å². The fourth-order valence-corrected chi connectivity index (χ4v) is 3.20. The molecule has 0 atom stereocenters. The smallest absolute Gasteiger partial charge is 0.410 e. The number of ether oxygens (including phenoxy) is 3. The third-order valence-corrected chi connectivity index (χ3v) is 4.76. The van der Waals surface area contributed by atoms with E-state index < -0.39 is 5.60 Å². The number of methoxy groups -OCH3 is 2. The van der Waals surface area contributed by atoms with E-state index in [1.807, 2.05) is 45.9 Å². The average molecular weight is 421 g/mol. The molecule has 1 aromatic carbocycles. The Balaban J connectivity index is 1.92. The molecule has 1 aliphatic heterocycles. The van der Waals surface area contributed by atoms with Gasteiger partial charge >= 0.3 is 6.09 Å². The number of carbonyl (C=O) groups excluding carboxylic acids is 1. The minimum atomic E-state index is -0.464. The lowest BCUT2D eigenvalue weighted by Gasteiger charge is -2.33. The Morgan fingerprint density at radius 2 is 1.83 bits per heavy atom. The normalized spacial score (nSPS) is 15.5. The van der Waals surface area contributed by atoms with Crippen molar-refractivity contribution in [1.29, 1.82) is 0 Å². The second-order valence-electron chi connectivity index (χ2n) is 8.33. The van der Waals surface area contributed by atoms with E-state index in [0.717, 1.165) is 31.0 Å². The molecule has 1 aliphatic rings. The van der Waals surface area contributed by atoms with Gasteiger partial charge in [0.25, 0.3) is 0 Å². The Kier molecular flexibility index (Phi) is 8.62. The first-order valence-electron chi connectivity index (χ1n) is 10.5. The first-order valence-corrected chi connectivity index (χ1v) is 10.5. The van der Waals surface area contributed by atoms with Crippen LogP contribution in [0, 0.1) is 5.92 Å². The highest BCUT2D eigenvalue weighted by molar-refractivity contribution is 5.93. The van der Waals surface area contributed by atoms with Gasteiger partial charge in [-0.15, -0.1) is 0 Å². The minimum absolute atomic E-state index is 0.229. The standard InChI is InChI=1S/C22H36N4O4/c1-7-23-20(25-17-8-9-18(28-5)19(14-17)29-6)24-15-16-10-12-26(13-11-16)21(27)30-22(2,3)4/h8-9,14,16H,7,10-13,15H2,1-6H3,(H2,23,24,25). The molecular weight excluding hydrogens is 384 g/mol. The van der Waals surface area contributed by atoms with Crippen LogP contribution in [-0.2, 0) is 4.74 Å². The van der Waals surface area contributed by atoms with Crippen LogP contribution in [0.3, 0.4) is 0 Å². The summed E-state index contributed by atoms with van der Waals surface area (Å²) in [5, 5.41) is 6.59. The van der Waals surface area contributed by atoms with Gasteiger partial charge in [0.1, 0.15) is 5.60 Å². The molecule has 0 radical (unpaired) electrons. The number of likely N-dealkylation sites (tertiary alicyclic amines) is 1. The number of nitrogens with one attached hydrogen (secondary N) is 2. The summed E-state index contributed by atoms with van der Waals surface area (Å²) in [7, 11) is 3.23. The number of hydrogen-bond donors (Lipinski definition) is 2. The molecule has 30 heavy (non-hydrogen) atoms. The topological polar surface area (TPSA) is 84.4 Å². The minimum Gasteiger partial charge on any atom is -0.493 e. The number of anilines is 1. The zero-order chi connectivity index (χ0) is 22.1. The molecule has 8 nitrogen and oxygen atoms in total. The van der Waals surface area contributed by atoms with Crippen LogP contribution in [0.4, 0.5) is 10.5 Å². The molecule has 0 spiro atoms. The highest BCUT2D eigenvalue weighted by atomic mass is 16.6. The van der Waals surface area contributed by atoms with Gasteiger partial charge in [0.2, 0.25) is 0 Å². The molecule has 0 saturated carbocycles. The number of hydrogen-bond acceptors (Lipinski definition) is 5. The molecule has 8 heteroatoms. The van der Waals surface area contributed by atoms with Gasteiger partial charge < -0.3 is 29.7 Å². The molecular formula is C22H36N4O4. The highest BCUT2D eigenvalue weighted by Gasteiger charge is 2.26. The van der Waals surface area contributed by atoms with Gasteiger partial charge in [0.05, 0.1) is 14.2 Å². The van der Waals surface area contributed by atoms with E-state index in [1.54, 1.807) is 19.1 Å². The largest absolute Gasteiger partial charge is 0.493 e. The van der Waals surface area contributed by atoms with E-state index in [1.165, 1.54) is 0 Å². The predicted molar refractivity (Wildman–Crippen MR) is 120 cm³/mol. The summed E-state index contributed by atoms with van der Waals surface area (Å²) < 4.78 is 16.1. The van der Waals surface area contributed by atoms with Crippen LogP contribution in [0.1, 0.15) is 40.5 Å². The molecule has 0 aliphatic carbocycles. The zero-order valence-corrected chi connectivity index (χ0v) is 19.1. The third-order valence-electron chi connectivity index (χ3n) is 4.76. The van der Waals surface area contributed by atoms with Crippen LogP contribution in [0.15, 0.2) is 23.2 Å². The van der Waals surface area contributed by atoms with Crippen molar-refractivity contribution in [2.24, 2.45) is 10.9 Å². The Morgan fingerprint density at radius 3 is 2.40 bits per heavy atom. The Bertz CT molecular complexity index is 722. The van der Waals surface area contributed by atoms with Crippen molar-refractivity contribution >= 4 is 17.7 Å². The van der Waals surface area contributed by atoms with Crippen LogP contribution in [0.2, 0.25) is 0 Å². The van der Waals surface area contributed by atoms with Crippen molar-refractivity contribution in [3.63, 3.8) is 0 Å². The van der Waals surface area contributed by atoms with Crippen LogP contribution < -0.4 is 20.1 Å². The number of aliphatic imine (C=N–C) groups is 1. The quantitative estimate of drug-likeness (QED) is 0.539. The summed E-state index contributed by atoms with van der Waals surface area (Å²) in [5.41, 5.74) is 0.404.